The van der Waals surface area contributed by atoms with Gasteiger partial charge < -0.3 is 4.42 Å². The van der Waals surface area contributed by atoms with Crippen LogP contribution in [0, 0.1) is 0 Å². The Balaban J connectivity index is 1.64. The van der Waals surface area contributed by atoms with E-state index in [0.29, 0.717) is 0 Å². The van der Waals surface area contributed by atoms with E-state index in [1.54, 1.807) is 0 Å². The zero-order chi connectivity index (χ0) is 15.6. The maximum atomic E-state index is 6.61. The van der Waals surface area contributed by atoms with Crippen LogP contribution in [0.15, 0.2) is 89.3 Å². The molecule has 0 bridgehead atoms. The predicted octanol–water partition coefficient (Wildman–Crippen LogP) is 6.43. The molecule has 2 heteroatoms. The van der Waals surface area contributed by atoms with Gasteiger partial charge in [-0.1, -0.05) is 72.8 Å². The molecular weight excluding hydrogens is 304 g/mol. The first-order chi connectivity index (χ1) is 11.3. The van der Waals surface area contributed by atoms with Crippen molar-refractivity contribution in [3.63, 3.8) is 0 Å². The first kappa shape index (κ1) is 14.1. The quantitative estimate of drug-likeness (QED) is 0.397. The second kappa shape index (κ2) is 5.94. The maximum Gasteiger partial charge on any atom is 0.134 e. The van der Waals surface area contributed by atoms with Crippen LogP contribution >= 0.6 is 11.6 Å². The van der Waals surface area contributed by atoms with Gasteiger partial charge in [-0.25, -0.2) is 0 Å². The molecule has 0 spiro atoms. The minimum absolute atomic E-state index is 0.285. The van der Waals surface area contributed by atoms with Gasteiger partial charge in [0.25, 0.3) is 0 Å². The van der Waals surface area contributed by atoms with Crippen molar-refractivity contribution >= 4 is 22.6 Å². The van der Waals surface area contributed by atoms with Gasteiger partial charge in [-0.15, -0.1) is 11.6 Å². The molecule has 23 heavy (non-hydrogen) atoms. The third kappa shape index (κ3) is 2.76. The van der Waals surface area contributed by atoms with E-state index in [4.69, 9.17) is 16.0 Å². The van der Waals surface area contributed by atoms with E-state index in [1.165, 1.54) is 11.1 Å². The van der Waals surface area contributed by atoms with Gasteiger partial charge >= 0.3 is 0 Å². The Bertz CT molecular complexity index is 890. The summed E-state index contributed by atoms with van der Waals surface area (Å²) >= 11 is 6.61. The van der Waals surface area contributed by atoms with Crippen LogP contribution in [0.2, 0.25) is 0 Å². The summed E-state index contributed by atoms with van der Waals surface area (Å²) in [7, 11) is 0. The molecule has 1 unspecified atom stereocenters. The first-order valence-electron chi connectivity index (χ1n) is 7.59. The summed E-state index contributed by atoms with van der Waals surface area (Å²) in [5.74, 6) is 0.778. The molecule has 1 aromatic heterocycles. The van der Waals surface area contributed by atoms with Crippen LogP contribution in [0.1, 0.15) is 16.7 Å². The average molecular weight is 319 g/mol. The minimum atomic E-state index is -0.285. The monoisotopic (exact) mass is 318 g/mol. The highest BCUT2D eigenvalue weighted by Gasteiger charge is 2.15. The molecule has 0 N–H and O–H groups in total. The molecule has 4 rings (SSSR count). The van der Waals surface area contributed by atoms with Crippen LogP contribution in [-0.4, -0.2) is 0 Å². The third-order valence-electron chi connectivity index (χ3n) is 4.00. The molecule has 3 aromatic carbocycles. The molecule has 0 saturated heterocycles. The van der Waals surface area contributed by atoms with Gasteiger partial charge in [0.05, 0.1) is 0 Å². The van der Waals surface area contributed by atoms with Crippen molar-refractivity contribution in [1.29, 1.82) is 0 Å². The number of fused-ring (bicyclic) bond motifs is 1. The molecule has 0 saturated carbocycles. The minimum Gasteiger partial charge on any atom is -0.459 e. The molecule has 0 amide bonds. The lowest BCUT2D eigenvalue weighted by molar-refractivity contribution is 0.557. The highest BCUT2D eigenvalue weighted by Crippen LogP contribution is 2.33. The summed E-state index contributed by atoms with van der Waals surface area (Å²) < 4.78 is 5.87. The van der Waals surface area contributed by atoms with Gasteiger partial charge in [-0.3, -0.25) is 0 Å². The van der Waals surface area contributed by atoms with Gasteiger partial charge in [-0.2, -0.15) is 0 Å². The van der Waals surface area contributed by atoms with E-state index in [0.717, 1.165) is 22.3 Å². The number of benzene rings is 3. The Kier molecular flexibility index (Phi) is 3.64. The summed E-state index contributed by atoms with van der Waals surface area (Å²) in [5, 5.41) is 0.793. The normalized spacial score (nSPS) is 12.4. The molecule has 1 heterocycles. The summed E-state index contributed by atoms with van der Waals surface area (Å²) in [4.78, 5) is 0. The van der Waals surface area contributed by atoms with Crippen LogP contribution < -0.4 is 0 Å². The smallest absolute Gasteiger partial charge is 0.134 e. The maximum absolute atomic E-state index is 6.61. The largest absolute Gasteiger partial charge is 0.459 e. The Morgan fingerprint density at radius 1 is 0.696 bits per heavy atom. The van der Waals surface area contributed by atoms with Crippen molar-refractivity contribution in [2.45, 2.75) is 5.38 Å². The van der Waals surface area contributed by atoms with Crippen LogP contribution in [0.4, 0.5) is 0 Å². The average Bonchev–Trinajstić information content (AvgIpc) is 3.06. The number of para-hydroxylation sites is 1. The van der Waals surface area contributed by atoms with Gasteiger partial charge in [0.15, 0.2) is 0 Å². The van der Waals surface area contributed by atoms with Crippen LogP contribution in [-0.2, 0) is 0 Å². The van der Waals surface area contributed by atoms with Crippen molar-refractivity contribution in [3.05, 3.63) is 96.3 Å². The van der Waals surface area contributed by atoms with Crippen LogP contribution in [0.25, 0.3) is 22.1 Å². The Hall–Kier alpha value is -2.51. The third-order valence-corrected chi connectivity index (χ3v) is 4.47. The zero-order valence-corrected chi connectivity index (χ0v) is 13.2. The highest BCUT2D eigenvalue weighted by molar-refractivity contribution is 6.22. The van der Waals surface area contributed by atoms with Crippen molar-refractivity contribution in [2.75, 3.05) is 0 Å². The topological polar surface area (TPSA) is 13.1 Å². The zero-order valence-electron chi connectivity index (χ0n) is 12.4. The summed E-state index contributed by atoms with van der Waals surface area (Å²) in [6.45, 7) is 0. The number of hydrogen-bond donors (Lipinski definition) is 0. The van der Waals surface area contributed by atoms with Crippen molar-refractivity contribution < 1.29 is 4.42 Å². The second-order valence-corrected chi connectivity index (χ2v) is 5.97. The van der Waals surface area contributed by atoms with Gasteiger partial charge in [-0.05, 0) is 28.8 Å². The van der Waals surface area contributed by atoms with Gasteiger partial charge in [0.2, 0.25) is 0 Å². The SMILES string of the molecule is ClC(c1ccc(-c2ccccc2)cc1)c1cc2ccccc2o1. The lowest BCUT2D eigenvalue weighted by Crippen LogP contribution is -1.91. The number of alkyl halides is 1. The number of furan rings is 1. The molecule has 1 atom stereocenters. The molecule has 1 nitrogen and oxygen atoms in total. The van der Waals surface area contributed by atoms with Crippen molar-refractivity contribution in [2.24, 2.45) is 0 Å². The molecule has 112 valence electrons. The molecule has 0 radical (unpaired) electrons. The lowest BCUT2D eigenvalue weighted by Gasteiger charge is -2.08. The van der Waals surface area contributed by atoms with E-state index in [1.807, 2.05) is 48.5 Å². The van der Waals surface area contributed by atoms with E-state index in [-0.39, 0.29) is 5.38 Å². The van der Waals surface area contributed by atoms with Crippen molar-refractivity contribution in [1.82, 2.24) is 0 Å². The van der Waals surface area contributed by atoms with Crippen LogP contribution in [0.5, 0.6) is 0 Å². The lowest BCUT2D eigenvalue weighted by atomic mass is 10.0. The molecule has 0 aliphatic rings. The molecular formula is C21H15ClO. The Morgan fingerprint density at radius 3 is 2.09 bits per heavy atom. The fourth-order valence-electron chi connectivity index (χ4n) is 2.77. The summed E-state index contributed by atoms with van der Waals surface area (Å²) in [6, 6.07) is 28.6. The van der Waals surface area contributed by atoms with E-state index < -0.39 is 0 Å². The van der Waals surface area contributed by atoms with E-state index in [2.05, 4.69) is 36.4 Å². The fraction of sp³-hybridized carbons (Fsp3) is 0.0476. The Morgan fingerprint density at radius 2 is 1.35 bits per heavy atom. The Labute approximate surface area is 140 Å². The standard InChI is InChI=1S/C21H15ClO/c22-21(20-14-18-8-4-5-9-19(18)23-20)17-12-10-16(11-13-17)15-6-2-1-3-7-15/h1-14,21H. The number of halogens is 1. The van der Waals surface area contributed by atoms with E-state index >= 15 is 0 Å². The van der Waals surface area contributed by atoms with E-state index in [9.17, 15) is 0 Å². The van der Waals surface area contributed by atoms with Gasteiger partial charge in [0, 0.05) is 5.39 Å². The van der Waals surface area contributed by atoms with Crippen LogP contribution in [0.3, 0.4) is 0 Å². The molecule has 0 aliphatic heterocycles. The second-order valence-electron chi connectivity index (χ2n) is 5.54. The number of hydrogen-bond acceptors (Lipinski definition) is 1. The van der Waals surface area contributed by atoms with Crippen molar-refractivity contribution in [3.8, 4) is 11.1 Å². The number of rotatable bonds is 3. The summed E-state index contributed by atoms with van der Waals surface area (Å²) in [5.41, 5.74) is 4.29. The first-order valence-corrected chi connectivity index (χ1v) is 8.03. The molecule has 4 aromatic rings. The summed E-state index contributed by atoms with van der Waals surface area (Å²) in [6.07, 6.45) is 0. The molecule has 0 fully saturated rings. The highest BCUT2D eigenvalue weighted by atomic mass is 35.5. The predicted molar refractivity (Wildman–Crippen MR) is 95.8 cm³/mol. The molecule has 0 aliphatic carbocycles. The fourth-order valence-corrected chi connectivity index (χ4v) is 3.02. The van der Waals surface area contributed by atoms with Gasteiger partial charge in [0.1, 0.15) is 16.7 Å².